The number of nitrogens with zero attached hydrogens (tertiary/aromatic N) is 1. The molecule has 6 aliphatic rings. The van der Waals surface area contributed by atoms with Crippen LogP contribution in [0.15, 0.2) is 12.7 Å². The van der Waals surface area contributed by atoms with E-state index in [-0.39, 0.29) is 45.6 Å². The lowest BCUT2D eigenvalue weighted by Gasteiger charge is -2.38. The topological polar surface area (TPSA) is 204 Å². The van der Waals surface area contributed by atoms with E-state index in [9.17, 15) is 32.4 Å². The number of aromatic nitrogens is 1. The van der Waals surface area contributed by atoms with E-state index < -0.39 is 79.8 Å². The Morgan fingerprint density at radius 3 is 2.07 bits per heavy atom. The number of hydrogen-bond donors (Lipinski definition) is 5. The fraction of sp³-hybridized carbons (Fsp3) is 0.727. The third-order valence-electron chi connectivity index (χ3n) is 15.8. The van der Waals surface area contributed by atoms with E-state index in [4.69, 9.17) is 0 Å². The number of aryl methyl sites for hydroxylation is 1. The lowest BCUT2D eigenvalue weighted by Crippen LogP contribution is -2.62. The molecular weight excluding hydrogens is 773 g/mol. The minimum Gasteiger partial charge on any atom is -0.354 e. The molecule has 14 nitrogen and oxygen atoms in total. The molecule has 15 heteroatoms. The minimum atomic E-state index is -3.89. The maximum atomic E-state index is 15.2. The summed E-state index contributed by atoms with van der Waals surface area (Å²) in [5.41, 5.74) is -1.22. The van der Waals surface area contributed by atoms with Crippen molar-refractivity contribution in [3.63, 3.8) is 0 Å². The average Bonchev–Trinajstić information content (AvgIpc) is 4.08. The number of rotatable bonds is 13. The quantitative estimate of drug-likeness (QED) is 0.141. The molecule has 5 aliphatic carbocycles. The standard InChI is InChI=1S/C44H64N6O8S/c1-10-28-21-44(28,39(56)49-59(57,58)29-17-18-29)48-35(52)30-22-43(41(8,9)42(43)19-14-20-42)23-50(30)38(55)34(40(5,6)7)47-36(53)32(27-15-12-11-13-16-27)46-37(54)33-31(26(4)51)24(2)25(3)45-33/h10,27-30,32,34,45H,1,11-23H2,2-9H3,(H,46,54)(H,47,53)(H,48,52)(H,49,56)/t28-,30+,32+,34-,43-,44-/m1/s1. The lowest BCUT2D eigenvalue weighted by molar-refractivity contribution is -0.145. The Hall–Kier alpha value is -4.01. The van der Waals surface area contributed by atoms with Crippen LogP contribution in [-0.2, 0) is 29.2 Å². The molecule has 0 bridgehead atoms. The molecule has 6 atom stereocenters. The SMILES string of the molecule is C=C[C@@H]1C[C@]1(NC(=O)[C@@H]1C[C@@]2(CN1C(=O)[C@@H](NC(=O)[C@@H](NC(=O)c1[nH]c(C)c(C)c1C(C)=O)C1CCCCC1)C(C)(C)C)C(C)(C)C21CCC1)C(=O)NS(=O)(=O)C1CC1. The normalized spacial score (nSPS) is 29.2. The third kappa shape index (κ3) is 6.94. The highest BCUT2D eigenvalue weighted by molar-refractivity contribution is 7.91. The Morgan fingerprint density at radius 1 is 0.915 bits per heavy atom. The van der Waals surface area contributed by atoms with E-state index in [0.717, 1.165) is 38.5 Å². The van der Waals surface area contributed by atoms with E-state index in [1.54, 1.807) is 24.8 Å². The first-order chi connectivity index (χ1) is 27.5. The molecule has 6 fully saturated rings. The number of ketones is 1. The van der Waals surface area contributed by atoms with Crippen LogP contribution in [0, 0.1) is 47.3 Å². The van der Waals surface area contributed by atoms with Gasteiger partial charge in [0.25, 0.3) is 11.8 Å². The zero-order valence-electron chi connectivity index (χ0n) is 36.1. The number of Topliss-reactive ketones (excluding diaryl/α,β-unsaturated/α-hetero) is 1. The van der Waals surface area contributed by atoms with Crippen molar-refractivity contribution in [1.82, 2.24) is 30.6 Å². The van der Waals surface area contributed by atoms with Gasteiger partial charge in [0.15, 0.2) is 5.78 Å². The summed E-state index contributed by atoms with van der Waals surface area (Å²) in [6.07, 6.45) is 10.2. The van der Waals surface area contributed by atoms with Gasteiger partial charge in [0.2, 0.25) is 27.7 Å². The van der Waals surface area contributed by atoms with Crippen molar-refractivity contribution in [2.75, 3.05) is 6.54 Å². The summed E-state index contributed by atoms with van der Waals surface area (Å²) in [4.78, 5) is 89.4. The smallest absolute Gasteiger partial charge is 0.269 e. The Morgan fingerprint density at radius 2 is 1.56 bits per heavy atom. The molecular formula is C44H64N6O8S. The van der Waals surface area contributed by atoms with E-state index >= 15 is 4.79 Å². The summed E-state index contributed by atoms with van der Waals surface area (Å²) >= 11 is 0. The van der Waals surface area contributed by atoms with Gasteiger partial charge >= 0.3 is 0 Å². The molecule has 0 radical (unpaired) electrons. The van der Waals surface area contributed by atoms with Gasteiger partial charge in [-0.2, -0.15) is 0 Å². The molecule has 2 spiro atoms. The van der Waals surface area contributed by atoms with Crippen molar-refractivity contribution >= 4 is 45.3 Å². The van der Waals surface area contributed by atoms with Crippen LogP contribution < -0.4 is 20.7 Å². The summed E-state index contributed by atoms with van der Waals surface area (Å²) in [5, 5.41) is 8.31. The van der Waals surface area contributed by atoms with Crippen molar-refractivity contribution in [1.29, 1.82) is 0 Å². The van der Waals surface area contributed by atoms with Gasteiger partial charge in [-0.1, -0.05) is 66.4 Å². The van der Waals surface area contributed by atoms with Gasteiger partial charge in [-0.15, -0.1) is 6.58 Å². The van der Waals surface area contributed by atoms with Crippen molar-refractivity contribution in [2.24, 2.45) is 33.5 Å². The van der Waals surface area contributed by atoms with Crippen LogP contribution in [0.3, 0.4) is 0 Å². The Kier molecular flexibility index (Phi) is 10.6. The Labute approximate surface area is 348 Å². The number of amides is 5. The van der Waals surface area contributed by atoms with Crippen molar-refractivity contribution in [3.8, 4) is 0 Å². The number of carbonyl (C=O) groups is 6. The fourth-order valence-electron chi connectivity index (χ4n) is 11.5. The van der Waals surface area contributed by atoms with Crippen LogP contribution in [0.1, 0.15) is 151 Å². The van der Waals surface area contributed by atoms with E-state index in [1.165, 1.54) is 6.92 Å². The zero-order valence-corrected chi connectivity index (χ0v) is 36.9. The molecule has 324 valence electrons. The summed E-state index contributed by atoms with van der Waals surface area (Å²) in [7, 11) is -3.89. The molecule has 5 saturated carbocycles. The maximum absolute atomic E-state index is 15.2. The highest BCUT2D eigenvalue weighted by atomic mass is 32.2. The lowest BCUT2D eigenvalue weighted by atomic mass is 9.73. The molecule has 59 heavy (non-hydrogen) atoms. The number of sulfonamides is 1. The van der Waals surface area contributed by atoms with Crippen LogP contribution in [-0.4, -0.2) is 89.1 Å². The first-order valence-electron chi connectivity index (χ1n) is 21.6. The minimum absolute atomic E-state index is 0.0473. The van der Waals surface area contributed by atoms with Crippen LogP contribution in [0.5, 0.6) is 0 Å². The zero-order chi connectivity index (χ0) is 43.2. The summed E-state index contributed by atoms with van der Waals surface area (Å²) in [6, 6.07) is -3.09. The van der Waals surface area contributed by atoms with Crippen molar-refractivity contribution in [2.45, 2.75) is 161 Å². The molecule has 1 saturated heterocycles. The second-order valence-electron chi connectivity index (χ2n) is 20.3. The highest BCUT2D eigenvalue weighted by Crippen LogP contribution is 2.88. The van der Waals surface area contributed by atoms with E-state index in [2.05, 4.69) is 46.1 Å². The molecule has 7 rings (SSSR count). The second-order valence-corrected chi connectivity index (χ2v) is 22.3. The number of H-pyrrole nitrogens is 1. The predicted molar refractivity (Wildman–Crippen MR) is 221 cm³/mol. The number of hydrogen-bond acceptors (Lipinski definition) is 8. The van der Waals surface area contributed by atoms with Gasteiger partial charge in [0.1, 0.15) is 29.4 Å². The van der Waals surface area contributed by atoms with Gasteiger partial charge in [0, 0.05) is 23.6 Å². The number of fused-ring (bicyclic) bond motifs is 1. The molecule has 0 aromatic carbocycles. The summed E-state index contributed by atoms with van der Waals surface area (Å²) in [5.74, 6) is -3.83. The predicted octanol–water partition coefficient (Wildman–Crippen LogP) is 4.51. The monoisotopic (exact) mass is 836 g/mol. The number of carbonyl (C=O) groups excluding carboxylic acids is 6. The number of nitrogens with one attached hydrogen (secondary N) is 5. The van der Waals surface area contributed by atoms with Gasteiger partial charge in [-0.25, -0.2) is 8.42 Å². The van der Waals surface area contributed by atoms with Crippen molar-refractivity contribution < 1.29 is 37.2 Å². The second kappa shape index (κ2) is 14.6. The molecule has 1 aromatic rings. The molecule has 5 N–H and O–H groups in total. The van der Waals surface area contributed by atoms with Crippen LogP contribution in [0.2, 0.25) is 0 Å². The molecule has 2 heterocycles. The summed E-state index contributed by atoms with van der Waals surface area (Å²) in [6.45, 7) is 19.0. The van der Waals surface area contributed by atoms with Crippen LogP contribution in [0.25, 0.3) is 0 Å². The third-order valence-corrected chi connectivity index (χ3v) is 17.6. The maximum Gasteiger partial charge on any atom is 0.269 e. The number of likely N-dealkylation sites (tertiary alicyclic amines) is 1. The Bertz CT molecular complexity index is 2090. The van der Waals surface area contributed by atoms with E-state index in [0.29, 0.717) is 49.9 Å². The molecule has 1 aromatic heterocycles. The van der Waals surface area contributed by atoms with Crippen LogP contribution >= 0.6 is 0 Å². The van der Waals surface area contributed by atoms with E-state index in [1.807, 2.05) is 20.8 Å². The summed E-state index contributed by atoms with van der Waals surface area (Å²) < 4.78 is 27.9. The highest BCUT2D eigenvalue weighted by Gasteiger charge is 2.85. The van der Waals surface area contributed by atoms with Crippen molar-refractivity contribution in [3.05, 3.63) is 35.2 Å². The first kappa shape index (κ1) is 43.1. The van der Waals surface area contributed by atoms with Gasteiger partial charge < -0.3 is 25.8 Å². The largest absolute Gasteiger partial charge is 0.354 e. The van der Waals surface area contributed by atoms with Gasteiger partial charge in [0.05, 0.1) is 10.8 Å². The first-order valence-corrected chi connectivity index (χ1v) is 23.2. The molecule has 0 unspecified atom stereocenters. The molecule has 5 amide bonds. The number of aromatic amines is 1. The Balaban J connectivity index is 1.18. The van der Waals surface area contributed by atoms with Gasteiger partial charge in [-0.3, -0.25) is 33.5 Å². The average molecular weight is 837 g/mol. The fourth-order valence-corrected chi connectivity index (χ4v) is 12.9. The van der Waals surface area contributed by atoms with Crippen LogP contribution in [0.4, 0.5) is 0 Å². The van der Waals surface area contributed by atoms with Gasteiger partial charge in [-0.05, 0) is 99.9 Å². The molecule has 1 aliphatic heterocycles.